The maximum atomic E-state index is 12.3. The summed E-state index contributed by atoms with van der Waals surface area (Å²) >= 11 is 0. The molecule has 1 fully saturated rings. The predicted molar refractivity (Wildman–Crippen MR) is 90.3 cm³/mol. The quantitative estimate of drug-likeness (QED) is 0.886. The van der Waals surface area contributed by atoms with Gasteiger partial charge in [0.2, 0.25) is 5.91 Å². The van der Waals surface area contributed by atoms with Crippen molar-refractivity contribution in [2.45, 2.75) is 17.2 Å². The van der Waals surface area contributed by atoms with Crippen LogP contribution >= 0.6 is 0 Å². The fraction of sp³-hybridized carbons (Fsp3) is 0.222. The number of nitrogens with one attached hydrogen (secondary N) is 1. The zero-order valence-electron chi connectivity index (χ0n) is 13.5. The summed E-state index contributed by atoms with van der Waals surface area (Å²) in [4.78, 5) is 12.3. The van der Waals surface area contributed by atoms with Gasteiger partial charge in [-0.3, -0.25) is 4.79 Å². The first-order valence-electron chi connectivity index (χ1n) is 7.65. The Bertz CT molecular complexity index is 946. The number of nitriles is 1. The molecule has 0 aliphatic heterocycles. The van der Waals surface area contributed by atoms with Crippen LogP contribution in [-0.2, 0) is 14.8 Å². The predicted octanol–water partition coefficient (Wildman–Crippen LogP) is 2.18. The van der Waals surface area contributed by atoms with Crippen LogP contribution in [0.15, 0.2) is 53.4 Å². The average Bonchev–Trinajstić information content (AvgIpc) is 3.42. The van der Waals surface area contributed by atoms with Crippen LogP contribution in [-0.4, -0.2) is 21.4 Å². The number of sulfonamides is 1. The molecule has 128 valence electrons. The SMILES string of the molecule is COc1ccc(S(=O)(=O)NC(=O)C2CC2c2cccc(C#N)c2)cc1. The summed E-state index contributed by atoms with van der Waals surface area (Å²) in [6.07, 6.45) is 0.568. The third-order valence-electron chi connectivity index (χ3n) is 4.18. The van der Waals surface area contributed by atoms with Gasteiger partial charge >= 0.3 is 0 Å². The first kappa shape index (κ1) is 17.0. The van der Waals surface area contributed by atoms with Crippen LogP contribution in [0.4, 0.5) is 0 Å². The lowest BCUT2D eigenvalue weighted by Crippen LogP contribution is -2.32. The van der Waals surface area contributed by atoms with Crippen molar-refractivity contribution >= 4 is 15.9 Å². The third kappa shape index (κ3) is 3.64. The van der Waals surface area contributed by atoms with E-state index in [1.165, 1.54) is 31.4 Å². The molecule has 0 aromatic heterocycles. The van der Waals surface area contributed by atoms with Crippen molar-refractivity contribution in [2.75, 3.05) is 7.11 Å². The Morgan fingerprint density at radius 3 is 2.60 bits per heavy atom. The van der Waals surface area contributed by atoms with E-state index in [4.69, 9.17) is 10.00 Å². The Labute approximate surface area is 146 Å². The number of carbonyl (C=O) groups is 1. The summed E-state index contributed by atoms with van der Waals surface area (Å²) < 4.78 is 31.7. The highest BCUT2D eigenvalue weighted by atomic mass is 32.2. The van der Waals surface area contributed by atoms with Gasteiger partial charge in [0, 0.05) is 5.92 Å². The number of methoxy groups -OCH3 is 1. The summed E-state index contributed by atoms with van der Waals surface area (Å²) in [6, 6.07) is 14.9. The summed E-state index contributed by atoms with van der Waals surface area (Å²) in [5.74, 6) is -0.450. The maximum absolute atomic E-state index is 12.3. The van der Waals surface area contributed by atoms with Crippen molar-refractivity contribution in [3.8, 4) is 11.8 Å². The second kappa shape index (κ2) is 6.57. The van der Waals surface area contributed by atoms with Crippen molar-refractivity contribution in [3.63, 3.8) is 0 Å². The minimum absolute atomic E-state index is 0.00493. The Morgan fingerprint density at radius 2 is 1.96 bits per heavy atom. The molecule has 0 bridgehead atoms. The largest absolute Gasteiger partial charge is 0.497 e. The molecule has 3 rings (SSSR count). The summed E-state index contributed by atoms with van der Waals surface area (Å²) in [5, 5.41) is 8.94. The van der Waals surface area contributed by atoms with Crippen LogP contribution in [0.3, 0.4) is 0 Å². The lowest BCUT2D eigenvalue weighted by Gasteiger charge is -2.08. The monoisotopic (exact) mass is 356 g/mol. The molecule has 1 saturated carbocycles. The van der Waals surface area contributed by atoms with E-state index in [1.807, 2.05) is 6.07 Å². The van der Waals surface area contributed by atoms with Crippen molar-refractivity contribution in [1.29, 1.82) is 5.26 Å². The van der Waals surface area contributed by atoms with E-state index in [2.05, 4.69) is 10.8 Å². The van der Waals surface area contributed by atoms with Gasteiger partial charge in [-0.1, -0.05) is 12.1 Å². The maximum Gasteiger partial charge on any atom is 0.264 e. The highest BCUT2D eigenvalue weighted by molar-refractivity contribution is 7.90. The fourth-order valence-electron chi connectivity index (χ4n) is 2.71. The van der Waals surface area contributed by atoms with E-state index in [0.717, 1.165) is 5.56 Å². The number of hydrogen-bond acceptors (Lipinski definition) is 5. The summed E-state index contributed by atoms with van der Waals surface area (Å²) in [7, 11) is -2.43. The molecule has 2 unspecified atom stereocenters. The lowest BCUT2D eigenvalue weighted by atomic mass is 10.1. The number of benzene rings is 2. The van der Waals surface area contributed by atoms with Gasteiger partial charge in [0.15, 0.2) is 0 Å². The number of hydrogen-bond donors (Lipinski definition) is 1. The number of carbonyl (C=O) groups excluding carboxylic acids is 1. The number of amides is 1. The minimum atomic E-state index is -3.92. The molecule has 1 amide bonds. The van der Waals surface area contributed by atoms with Crippen molar-refractivity contribution in [3.05, 3.63) is 59.7 Å². The van der Waals surface area contributed by atoms with Gasteiger partial charge in [-0.15, -0.1) is 0 Å². The van der Waals surface area contributed by atoms with Crippen LogP contribution in [0.25, 0.3) is 0 Å². The van der Waals surface area contributed by atoms with E-state index in [0.29, 0.717) is 17.7 Å². The molecule has 2 aromatic carbocycles. The Hall–Kier alpha value is -2.85. The molecule has 0 saturated heterocycles. The molecule has 0 radical (unpaired) electrons. The van der Waals surface area contributed by atoms with E-state index < -0.39 is 21.8 Å². The topological polar surface area (TPSA) is 96.3 Å². The van der Waals surface area contributed by atoms with Gasteiger partial charge in [-0.2, -0.15) is 5.26 Å². The molecular formula is C18H16N2O4S. The molecule has 2 atom stereocenters. The van der Waals surface area contributed by atoms with Crippen molar-refractivity contribution in [1.82, 2.24) is 4.72 Å². The van der Waals surface area contributed by atoms with Gasteiger partial charge in [0.25, 0.3) is 10.0 Å². The Morgan fingerprint density at radius 1 is 1.24 bits per heavy atom. The van der Waals surface area contributed by atoms with Crippen LogP contribution in [0.1, 0.15) is 23.5 Å². The van der Waals surface area contributed by atoms with E-state index in [1.54, 1.807) is 18.2 Å². The van der Waals surface area contributed by atoms with Gasteiger partial charge < -0.3 is 4.74 Å². The minimum Gasteiger partial charge on any atom is -0.497 e. The highest BCUT2D eigenvalue weighted by Crippen LogP contribution is 2.47. The van der Waals surface area contributed by atoms with Gasteiger partial charge in [0.1, 0.15) is 5.75 Å². The molecule has 7 heteroatoms. The first-order chi connectivity index (χ1) is 11.9. The zero-order chi connectivity index (χ0) is 18.0. The molecule has 1 aliphatic rings. The second-order valence-electron chi connectivity index (χ2n) is 5.83. The number of ether oxygens (including phenoxy) is 1. The normalized spacial score (nSPS) is 18.9. The Balaban J connectivity index is 1.69. The fourth-order valence-corrected chi connectivity index (χ4v) is 3.74. The molecule has 0 heterocycles. The summed E-state index contributed by atoms with van der Waals surface area (Å²) in [6.45, 7) is 0. The summed E-state index contributed by atoms with van der Waals surface area (Å²) in [5.41, 5.74) is 1.40. The second-order valence-corrected chi connectivity index (χ2v) is 7.51. The van der Waals surface area contributed by atoms with Crippen LogP contribution in [0.2, 0.25) is 0 Å². The molecule has 2 aromatic rings. The van der Waals surface area contributed by atoms with Gasteiger partial charge in [-0.05, 0) is 54.3 Å². The van der Waals surface area contributed by atoms with Gasteiger partial charge in [-0.25, -0.2) is 13.1 Å². The zero-order valence-corrected chi connectivity index (χ0v) is 14.3. The molecule has 0 spiro atoms. The molecule has 1 N–H and O–H groups in total. The molecular weight excluding hydrogens is 340 g/mol. The van der Waals surface area contributed by atoms with E-state index in [-0.39, 0.29) is 10.8 Å². The van der Waals surface area contributed by atoms with Crippen LogP contribution < -0.4 is 9.46 Å². The van der Waals surface area contributed by atoms with Crippen molar-refractivity contribution in [2.24, 2.45) is 5.92 Å². The third-order valence-corrected chi connectivity index (χ3v) is 5.54. The number of rotatable bonds is 5. The number of nitrogens with zero attached hydrogens (tertiary/aromatic N) is 1. The average molecular weight is 356 g/mol. The molecule has 1 aliphatic carbocycles. The lowest BCUT2D eigenvalue weighted by molar-refractivity contribution is -0.120. The highest BCUT2D eigenvalue weighted by Gasteiger charge is 2.45. The van der Waals surface area contributed by atoms with Crippen LogP contribution in [0.5, 0.6) is 5.75 Å². The smallest absolute Gasteiger partial charge is 0.264 e. The van der Waals surface area contributed by atoms with E-state index >= 15 is 0 Å². The van der Waals surface area contributed by atoms with Gasteiger partial charge in [0.05, 0.1) is 23.6 Å². The Kier molecular flexibility index (Phi) is 4.47. The standard InChI is InChI=1S/C18H16N2O4S/c1-24-14-5-7-15(8-6-14)25(22,23)20-18(21)17-10-16(17)13-4-2-3-12(9-13)11-19/h2-9,16-17H,10H2,1H3,(H,20,21). The molecule has 25 heavy (non-hydrogen) atoms. The van der Waals surface area contributed by atoms with E-state index in [9.17, 15) is 13.2 Å². The molecule has 6 nitrogen and oxygen atoms in total. The van der Waals surface area contributed by atoms with Crippen molar-refractivity contribution < 1.29 is 17.9 Å². The first-order valence-corrected chi connectivity index (χ1v) is 9.13. The van der Waals surface area contributed by atoms with Crippen LogP contribution in [0, 0.1) is 17.2 Å².